The van der Waals surface area contributed by atoms with E-state index in [1.807, 2.05) is 0 Å². The summed E-state index contributed by atoms with van der Waals surface area (Å²) >= 11 is 0. The quantitative estimate of drug-likeness (QED) is 0.429. The van der Waals surface area contributed by atoms with E-state index in [1.54, 1.807) is 27.7 Å². The van der Waals surface area contributed by atoms with Gasteiger partial charge in [0.1, 0.15) is 16.5 Å². The van der Waals surface area contributed by atoms with Crippen molar-refractivity contribution in [3.8, 4) is 0 Å². The number of amides is 4. The van der Waals surface area contributed by atoms with Gasteiger partial charge in [0.25, 0.3) is 0 Å². The summed E-state index contributed by atoms with van der Waals surface area (Å²) in [6.45, 7) is 9.53. The second-order valence-corrected chi connectivity index (χ2v) is 7.30. The lowest BCUT2D eigenvalue weighted by Gasteiger charge is -2.32. The summed E-state index contributed by atoms with van der Waals surface area (Å²) in [6, 6.07) is 0. The van der Waals surface area contributed by atoms with Crippen LogP contribution in [0.5, 0.6) is 0 Å². The van der Waals surface area contributed by atoms with Crippen molar-refractivity contribution in [2.45, 2.75) is 52.6 Å². The predicted octanol–water partition coefficient (Wildman–Crippen LogP) is -0.952. The Balaban J connectivity index is 3.16. The molecule has 1 rings (SSSR count). The van der Waals surface area contributed by atoms with Crippen LogP contribution in [0.25, 0.3) is 0 Å². The number of nitrogens with one attached hydrogen (secondary N) is 4. The van der Waals surface area contributed by atoms with E-state index in [4.69, 9.17) is 0 Å². The number of carbonyl (C=O) groups is 4. The van der Waals surface area contributed by atoms with Crippen LogP contribution >= 0.6 is 0 Å². The molecule has 8 nitrogen and oxygen atoms in total. The van der Waals surface area contributed by atoms with Crippen molar-refractivity contribution in [3.05, 3.63) is 0 Å². The summed E-state index contributed by atoms with van der Waals surface area (Å²) in [6.07, 6.45) is 0. The van der Waals surface area contributed by atoms with Crippen LogP contribution < -0.4 is 21.3 Å². The maximum atomic E-state index is 12.4. The number of hydrogen-bond acceptors (Lipinski definition) is 4. The zero-order valence-electron chi connectivity index (χ0n) is 14.5. The Kier molecular flexibility index (Phi) is 5.08. The van der Waals surface area contributed by atoms with Crippen molar-refractivity contribution in [1.82, 2.24) is 21.3 Å². The second kappa shape index (κ2) is 6.17. The first-order chi connectivity index (χ1) is 10.3. The Bertz CT molecular complexity index is 492. The van der Waals surface area contributed by atoms with E-state index in [1.165, 1.54) is 13.8 Å². The molecule has 0 unspecified atom stereocenters. The zero-order valence-corrected chi connectivity index (χ0v) is 14.5. The SMILES string of the molecule is CC1(C)NC(=O)C(C)(C)C(=O)NC(C)(C)C(=O)NCCNC1=O. The van der Waals surface area contributed by atoms with Crippen molar-refractivity contribution in [3.63, 3.8) is 0 Å². The molecule has 0 bridgehead atoms. The molecule has 0 radical (unpaired) electrons. The van der Waals surface area contributed by atoms with Gasteiger partial charge in [-0.05, 0) is 41.5 Å². The third-order valence-corrected chi connectivity index (χ3v) is 3.82. The van der Waals surface area contributed by atoms with Crippen molar-refractivity contribution in [2.75, 3.05) is 13.1 Å². The van der Waals surface area contributed by atoms with Crippen LogP contribution in [-0.4, -0.2) is 47.8 Å². The van der Waals surface area contributed by atoms with E-state index in [2.05, 4.69) is 21.3 Å². The maximum absolute atomic E-state index is 12.4. The molecule has 1 saturated heterocycles. The Morgan fingerprint density at radius 1 is 0.609 bits per heavy atom. The molecule has 1 aliphatic rings. The molecule has 8 heteroatoms. The zero-order chi connectivity index (χ0) is 18.1. The fourth-order valence-electron chi connectivity index (χ4n) is 1.89. The van der Waals surface area contributed by atoms with Gasteiger partial charge in [0, 0.05) is 13.1 Å². The molecule has 0 aromatic rings. The topological polar surface area (TPSA) is 116 Å². The van der Waals surface area contributed by atoms with Crippen LogP contribution in [0, 0.1) is 5.41 Å². The number of hydrogen-bond donors (Lipinski definition) is 4. The van der Waals surface area contributed by atoms with Gasteiger partial charge in [0.15, 0.2) is 0 Å². The van der Waals surface area contributed by atoms with Gasteiger partial charge in [-0.2, -0.15) is 0 Å². The van der Waals surface area contributed by atoms with Crippen LogP contribution in [0.1, 0.15) is 41.5 Å². The molecule has 23 heavy (non-hydrogen) atoms. The molecule has 0 aromatic carbocycles. The summed E-state index contributed by atoms with van der Waals surface area (Å²) in [5.41, 5.74) is -3.80. The Hall–Kier alpha value is -2.12. The molecule has 0 spiro atoms. The largest absolute Gasteiger partial charge is 0.352 e. The molecule has 4 N–H and O–H groups in total. The van der Waals surface area contributed by atoms with Crippen LogP contribution in [0.3, 0.4) is 0 Å². The van der Waals surface area contributed by atoms with E-state index in [0.717, 1.165) is 0 Å². The van der Waals surface area contributed by atoms with Crippen molar-refractivity contribution >= 4 is 23.6 Å². The summed E-state index contributed by atoms with van der Waals surface area (Å²) in [5.74, 6) is -1.97. The first-order valence-corrected chi connectivity index (χ1v) is 7.52. The lowest BCUT2D eigenvalue weighted by Crippen LogP contribution is -2.61. The van der Waals surface area contributed by atoms with Crippen LogP contribution in [0.2, 0.25) is 0 Å². The number of rotatable bonds is 0. The molecule has 4 amide bonds. The van der Waals surface area contributed by atoms with E-state index in [0.29, 0.717) is 0 Å². The van der Waals surface area contributed by atoms with Crippen LogP contribution in [0.15, 0.2) is 0 Å². The Labute approximate surface area is 136 Å². The van der Waals surface area contributed by atoms with E-state index in [9.17, 15) is 19.2 Å². The summed E-state index contributed by atoms with van der Waals surface area (Å²) < 4.78 is 0. The second-order valence-electron chi connectivity index (χ2n) is 7.30. The fraction of sp³-hybridized carbons (Fsp3) is 0.733. The minimum absolute atomic E-state index is 0.220. The third-order valence-electron chi connectivity index (χ3n) is 3.82. The molecule has 0 atom stereocenters. The molecular weight excluding hydrogens is 300 g/mol. The molecule has 0 aliphatic carbocycles. The minimum Gasteiger partial charge on any atom is -0.352 e. The molecule has 130 valence electrons. The number of carbonyl (C=O) groups excluding carboxylic acids is 4. The normalized spacial score (nSPS) is 24.8. The lowest BCUT2D eigenvalue weighted by atomic mass is 9.88. The van der Waals surface area contributed by atoms with Crippen molar-refractivity contribution < 1.29 is 19.2 Å². The van der Waals surface area contributed by atoms with Crippen LogP contribution in [0.4, 0.5) is 0 Å². The van der Waals surface area contributed by atoms with Gasteiger partial charge in [-0.1, -0.05) is 0 Å². The molecule has 1 heterocycles. The smallest absolute Gasteiger partial charge is 0.245 e. The minimum atomic E-state index is -1.44. The van der Waals surface area contributed by atoms with Gasteiger partial charge >= 0.3 is 0 Å². The highest BCUT2D eigenvalue weighted by Crippen LogP contribution is 2.19. The molecule has 0 saturated carbocycles. The fourth-order valence-corrected chi connectivity index (χ4v) is 1.89. The molecule has 1 fully saturated rings. The highest BCUT2D eigenvalue weighted by molar-refractivity contribution is 6.07. The molecule has 1 aliphatic heterocycles. The van der Waals surface area contributed by atoms with Gasteiger partial charge in [-0.3, -0.25) is 19.2 Å². The average molecular weight is 326 g/mol. The van der Waals surface area contributed by atoms with Gasteiger partial charge in [-0.25, -0.2) is 0 Å². The molecule has 0 aromatic heterocycles. The van der Waals surface area contributed by atoms with E-state index >= 15 is 0 Å². The average Bonchev–Trinajstić information content (AvgIpc) is 2.40. The van der Waals surface area contributed by atoms with Gasteiger partial charge < -0.3 is 21.3 Å². The standard InChI is InChI=1S/C15H26N4O4/c1-13(2)9(20)18-14(3,4)11(22)16-7-8-17-12(23)15(5,6)19-10(13)21/h7-8H2,1-6H3,(H,16,22)(H,17,23)(H,18,20)(H,19,21). The highest BCUT2D eigenvalue weighted by Gasteiger charge is 2.43. The highest BCUT2D eigenvalue weighted by atomic mass is 16.2. The van der Waals surface area contributed by atoms with Crippen LogP contribution in [-0.2, 0) is 19.2 Å². The predicted molar refractivity (Wildman–Crippen MR) is 84.2 cm³/mol. The monoisotopic (exact) mass is 326 g/mol. The molecular formula is C15H26N4O4. The maximum Gasteiger partial charge on any atom is 0.245 e. The summed E-state index contributed by atoms with van der Waals surface area (Å²) in [7, 11) is 0. The van der Waals surface area contributed by atoms with Crippen molar-refractivity contribution in [2.24, 2.45) is 5.41 Å². The Morgan fingerprint density at radius 2 is 0.913 bits per heavy atom. The first-order valence-electron chi connectivity index (χ1n) is 7.52. The van der Waals surface area contributed by atoms with Crippen molar-refractivity contribution in [1.29, 1.82) is 0 Å². The van der Waals surface area contributed by atoms with Gasteiger partial charge in [0.2, 0.25) is 23.6 Å². The first kappa shape index (κ1) is 18.9. The summed E-state index contributed by atoms with van der Waals surface area (Å²) in [5, 5.41) is 10.5. The van der Waals surface area contributed by atoms with Gasteiger partial charge in [-0.15, -0.1) is 0 Å². The lowest BCUT2D eigenvalue weighted by molar-refractivity contribution is -0.146. The Morgan fingerprint density at radius 3 is 1.22 bits per heavy atom. The third kappa shape index (κ3) is 4.20. The van der Waals surface area contributed by atoms with E-state index in [-0.39, 0.29) is 13.1 Å². The van der Waals surface area contributed by atoms with E-state index < -0.39 is 40.1 Å². The van der Waals surface area contributed by atoms with Gasteiger partial charge in [0.05, 0.1) is 0 Å². The summed E-state index contributed by atoms with van der Waals surface area (Å²) in [4.78, 5) is 49.2.